The lowest BCUT2D eigenvalue weighted by molar-refractivity contribution is 0.0945. The van der Waals surface area contributed by atoms with Crippen LogP contribution in [0.25, 0.3) is 0 Å². The largest absolute Gasteiger partial charge is 0.385 e. The first-order valence-electron chi connectivity index (χ1n) is 6.67. The summed E-state index contributed by atoms with van der Waals surface area (Å²) in [5.41, 5.74) is 3.58. The molecule has 1 heterocycles. The summed E-state index contributed by atoms with van der Waals surface area (Å²) in [6, 6.07) is 7.66. The zero-order chi connectivity index (χ0) is 14.9. The van der Waals surface area contributed by atoms with E-state index in [2.05, 4.69) is 10.3 Å². The fourth-order valence-electron chi connectivity index (χ4n) is 1.75. The average Bonchev–Trinajstić information content (AvgIpc) is 3.03. The lowest BCUT2D eigenvalue weighted by Crippen LogP contribution is -2.25. The number of carbonyl (C=O) groups excluding carboxylic acids is 1. The van der Waals surface area contributed by atoms with E-state index >= 15 is 0 Å². The number of rotatable bonds is 8. The molecule has 21 heavy (non-hydrogen) atoms. The normalized spacial score (nSPS) is 10.5. The molecule has 0 spiro atoms. The standard InChI is InChI=1S/C15H18N2O2S2/c1-19-8-4-7-16-15(18)13-5-2-3-6-14(13)21-10-12-9-20-11-17-12/h2-3,5-6,9,11H,4,7-8,10H2,1H3,(H,16,18). The summed E-state index contributed by atoms with van der Waals surface area (Å²) < 4.78 is 4.97. The molecule has 0 bridgehead atoms. The highest BCUT2D eigenvalue weighted by Crippen LogP contribution is 2.26. The van der Waals surface area contributed by atoms with E-state index in [1.807, 2.05) is 35.2 Å². The molecule has 1 amide bonds. The van der Waals surface area contributed by atoms with E-state index in [-0.39, 0.29) is 5.91 Å². The zero-order valence-corrected chi connectivity index (χ0v) is 13.5. The number of thiazole rings is 1. The molecule has 112 valence electrons. The Morgan fingerprint density at radius 3 is 3.05 bits per heavy atom. The van der Waals surface area contributed by atoms with E-state index in [9.17, 15) is 4.79 Å². The molecule has 2 rings (SSSR count). The smallest absolute Gasteiger partial charge is 0.252 e. The Labute approximate surface area is 132 Å². The van der Waals surface area contributed by atoms with Gasteiger partial charge in [0.1, 0.15) is 0 Å². The molecular formula is C15H18N2O2S2. The quantitative estimate of drug-likeness (QED) is 0.599. The maximum absolute atomic E-state index is 12.2. The number of benzene rings is 1. The molecule has 0 radical (unpaired) electrons. The Hall–Kier alpha value is -1.37. The second-order valence-corrected chi connectivity index (χ2v) is 6.10. The number of nitrogens with one attached hydrogen (secondary N) is 1. The Morgan fingerprint density at radius 1 is 1.43 bits per heavy atom. The first-order chi connectivity index (χ1) is 10.3. The van der Waals surface area contributed by atoms with Gasteiger partial charge in [-0.25, -0.2) is 4.98 Å². The number of aromatic nitrogens is 1. The number of carbonyl (C=O) groups is 1. The number of amides is 1. The third-order valence-electron chi connectivity index (χ3n) is 2.80. The molecule has 0 saturated heterocycles. The number of hydrogen-bond acceptors (Lipinski definition) is 5. The van der Waals surface area contributed by atoms with Crippen LogP contribution < -0.4 is 5.32 Å². The molecule has 1 N–H and O–H groups in total. The minimum absolute atomic E-state index is 0.0347. The van der Waals surface area contributed by atoms with Crippen LogP contribution in [0.2, 0.25) is 0 Å². The predicted molar refractivity (Wildman–Crippen MR) is 86.9 cm³/mol. The van der Waals surface area contributed by atoms with E-state index in [0.717, 1.165) is 28.3 Å². The lowest BCUT2D eigenvalue weighted by atomic mass is 10.2. The molecule has 0 fully saturated rings. The second kappa shape index (κ2) is 8.81. The molecule has 4 nitrogen and oxygen atoms in total. The van der Waals surface area contributed by atoms with Gasteiger partial charge in [-0.05, 0) is 18.6 Å². The SMILES string of the molecule is COCCCNC(=O)c1ccccc1SCc1cscn1. The van der Waals surface area contributed by atoms with E-state index in [4.69, 9.17) is 4.74 Å². The van der Waals surface area contributed by atoms with E-state index < -0.39 is 0 Å². The zero-order valence-electron chi connectivity index (χ0n) is 11.9. The van der Waals surface area contributed by atoms with Gasteiger partial charge in [-0.2, -0.15) is 0 Å². The van der Waals surface area contributed by atoms with Gasteiger partial charge >= 0.3 is 0 Å². The van der Waals surface area contributed by atoms with Gasteiger partial charge < -0.3 is 10.1 Å². The summed E-state index contributed by atoms with van der Waals surface area (Å²) in [7, 11) is 1.66. The van der Waals surface area contributed by atoms with Crippen LogP contribution in [0.1, 0.15) is 22.5 Å². The number of nitrogens with zero attached hydrogens (tertiary/aromatic N) is 1. The van der Waals surface area contributed by atoms with Crippen molar-refractivity contribution in [1.82, 2.24) is 10.3 Å². The van der Waals surface area contributed by atoms with Crippen molar-refractivity contribution in [2.75, 3.05) is 20.3 Å². The number of ether oxygens (including phenoxy) is 1. The molecule has 1 aromatic carbocycles. The van der Waals surface area contributed by atoms with Crippen LogP contribution >= 0.6 is 23.1 Å². The first kappa shape index (κ1) is 16.0. The molecule has 6 heteroatoms. The van der Waals surface area contributed by atoms with E-state index in [1.165, 1.54) is 0 Å². The Kier molecular flexibility index (Phi) is 6.72. The van der Waals surface area contributed by atoms with Crippen molar-refractivity contribution in [3.63, 3.8) is 0 Å². The molecule has 2 aromatic rings. The number of thioether (sulfide) groups is 1. The summed E-state index contributed by atoms with van der Waals surface area (Å²) in [5, 5.41) is 4.95. The van der Waals surface area contributed by atoms with Crippen LogP contribution in [0.5, 0.6) is 0 Å². The van der Waals surface area contributed by atoms with Gasteiger partial charge in [-0.1, -0.05) is 12.1 Å². The molecule has 0 unspecified atom stereocenters. The summed E-state index contributed by atoms with van der Waals surface area (Å²) in [5.74, 6) is 0.741. The minimum Gasteiger partial charge on any atom is -0.385 e. The van der Waals surface area contributed by atoms with Crippen molar-refractivity contribution >= 4 is 29.0 Å². The van der Waals surface area contributed by atoms with Gasteiger partial charge in [0.25, 0.3) is 5.91 Å². The van der Waals surface area contributed by atoms with Crippen molar-refractivity contribution in [2.45, 2.75) is 17.1 Å². The van der Waals surface area contributed by atoms with Gasteiger partial charge in [0.05, 0.1) is 16.8 Å². The molecule has 0 aliphatic carbocycles. The summed E-state index contributed by atoms with van der Waals surface area (Å²) in [6.07, 6.45) is 0.816. The average molecular weight is 322 g/mol. The third-order valence-corrected chi connectivity index (χ3v) is 4.54. The lowest BCUT2D eigenvalue weighted by Gasteiger charge is -2.09. The molecular weight excluding hydrogens is 304 g/mol. The molecule has 1 aromatic heterocycles. The van der Waals surface area contributed by atoms with Crippen molar-refractivity contribution in [1.29, 1.82) is 0 Å². The van der Waals surface area contributed by atoms with Crippen LogP contribution in [0, 0.1) is 0 Å². The molecule has 0 aliphatic rings. The summed E-state index contributed by atoms with van der Waals surface area (Å²) in [4.78, 5) is 17.5. The molecule has 0 saturated carbocycles. The highest BCUT2D eigenvalue weighted by molar-refractivity contribution is 7.98. The Balaban J connectivity index is 1.94. The highest BCUT2D eigenvalue weighted by atomic mass is 32.2. The topological polar surface area (TPSA) is 51.2 Å². The van der Waals surface area contributed by atoms with Gasteiger partial charge in [0.2, 0.25) is 0 Å². The number of hydrogen-bond donors (Lipinski definition) is 1. The maximum atomic E-state index is 12.2. The Bertz CT molecular complexity index is 559. The van der Waals surface area contributed by atoms with E-state index in [0.29, 0.717) is 13.2 Å². The van der Waals surface area contributed by atoms with Crippen LogP contribution in [-0.4, -0.2) is 31.2 Å². The summed E-state index contributed by atoms with van der Waals surface area (Å²) >= 11 is 3.22. The van der Waals surface area contributed by atoms with Crippen LogP contribution in [0.4, 0.5) is 0 Å². The summed E-state index contributed by atoms with van der Waals surface area (Å²) in [6.45, 7) is 1.28. The fourth-order valence-corrected chi connectivity index (χ4v) is 3.37. The molecule has 0 aliphatic heterocycles. The van der Waals surface area contributed by atoms with Crippen LogP contribution in [0.3, 0.4) is 0 Å². The van der Waals surface area contributed by atoms with Gasteiger partial charge in [0.15, 0.2) is 0 Å². The monoisotopic (exact) mass is 322 g/mol. The van der Waals surface area contributed by atoms with Crippen molar-refractivity contribution < 1.29 is 9.53 Å². The second-order valence-electron chi connectivity index (χ2n) is 4.37. The molecule has 0 atom stereocenters. The first-order valence-corrected chi connectivity index (χ1v) is 8.60. The Morgan fingerprint density at radius 2 is 2.29 bits per heavy atom. The van der Waals surface area contributed by atoms with E-state index in [1.54, 1.807) is 30.2 Å². The van der Waals surface area contributed by atoms with Gasteiger partial charge in [0, 0.05) is 36.3 Å². The van der Waals surface area contributed by atoms with Crippen LogP contribution in [-0.2, 0) is 10.5 Å². The van der Waals surface area contributed by atoms with Gasteiger partial charge in [-0.15, -0.1) is 23.1 Å². The van der Waals surface area contributed by atoms with Crippen molar-refractivity contribution in [3.8, 4) is 0 Å². The minimum atomic E-state index is -0.0347. The fraction of sp³-hybridized carbons (Fsp3) is 0.333. The van der Waals surface area contributed by atoms with Crippen molar-refractivity contribution in [2.24, 2.45) is 0 Å². The van der Waals surface area contributed by atoms with Crippen LogP contribution in [0.15, 0.2) is 40.1 Å². The highest BCUT2D eigenvalue weighted by Gasteiger charge is 2.11. The van der Waals surface area contributed by atoms with Gasteiger partial charge in [-0.3, -0.25) is 4.79 Å². The third kappa shape index (κ3) is 5.15. The maximum Gasteiger partial charge on any atom is 0.252 e. The predicted octanol–water partition coefficient (Wildman–Crippen LogP) is 3.20. The number of methoxy groups -OCH3 is 1. The van der Waals surface area contributed by atoms with Crippen molar-refractivity contribution in [3.05, 3.63) is 46.4 Å².